The summed E-state index contributed by atoms with van der Waals surface area (Å²) in [7, 11) is 0. The number of hydrogen-bond donors (Lipinski definition) is 2. The first kappa shape index (κ1) is 15.6. The molecule has 118 valence electrons. The zero-order valence-electron chi connectivity index (χ0n) is 12.6. The molecule has 2 amide bonds. The Balaban J connectivity index is 1.72. The van der Waals surface area contributed by atoms with Gasteiger partial charge in [-0.2, -0.15) is 0 Å². The zero-order valence-corrected chi connectivity index (χ0v) is 13.4. The summed E-state index contributed by atoms with van der Waals surface area (Å²) in [5.74, 6) is -0.0410. The highest BCUT2D eigenvalue weighted by molar-refractivity contribution is 7.99. The summed E-state index contributed by atoms with van der Waals surface area (Å²) in [6, 6.07) is 17.6. The van der Waals surface area contributed by atoms with Crippen LogP contribution in [0.15, 0.2) is 64.4 Å². The van der Waals surface area contributed by atoms with Crippen molar-refractivity contribution in [3.8, 4) is 0 Å². The molecule has 2 aromatic rings. The highest BCUT2D eigenvalue weighted by Gasteiger charge is 2.21. The van der Waals surface area contributed by atoms with Crippen molar-refractivity contribution in [2.45, 2.75) is 28.7 Å². The molecule has 1 fully saturated rings. The van der Waals surface area contributed by atoms with Crippen LogP contribution in [0.2, 0.25) is 0 Å². The fourth-order valence-electron chi connectivity index (χ4n) is 2.48. The molecule has 2 N–H and O–H groups in total. The normalized spacial score (nSPS) is 17.4. The minimum absolute atomic E-state index is 0.00465. The molecule has 1 aliphatic heterocycles. The highest BCUT2D eigenvalue weighted by atomic mass is 32.2. The van der Waals surface area contributed by atoms with Crippen molar-refractivity contribution < 1.29 is 9.59 Å². The molecule has 0 spiro atoms. The van der Waals surface area contributed by atoms with Crippen molar-refractivity contribution in [1.82, 2.24) is 10.6 Å². The van der Waals surface area contributed by atoms with Gasteiger partial charge in [-0.1, -0.05) is 42.1 Å². The second-order valence-electron chi connectivity index (χ2n) is 5.42. The molecule has 1 heterocycles. The van der Waals surface area contributed by atoms with Crippen LogP contribution in [-0.4, -0.2) is 24.4 Å². The largest absolute Gasteiger partial charge is 0.354 e. The van der Waals surface area contributed by atoms with E-state index < -0.39 is 0 Å². The van der Waals surface area contributed by atoms with E-state index in [1.165, 1.54) is 0 Å². The Morgan fingerprint density at radius 1 is 1.09 bits per heavy atom. The summed E-state index contributed by atoms with van der Waals surface area (Å²) in [5.41, 5.74) is 0.665. The van der Waals surface area contributed by atoms with Crippen molar-refractivity contribution in [2.24, 2.45) is 0 Å². The van der Waals surface area contributed by atoms with Gasteiger partial charge in [0.05, 0.1) is 5.56 Å². The average Bonchev–Trinajstić information content (AvgIpc) is 2.58. The standard InChI is InChI=1S/C18H18N2O2S/c21-17-11-10-13(12-19-17)20-18(22)15-8-4-5-9-16(15)23-14-6-2-1-3-7-14/h1-9,13H,10-12H2,(H,19,21)(H,20,22)/t13-/m0/s1. The van der Waals surface area contributed by atoms with Gasteiger partial charge in [-0.25, -0.2) is 0 Å². The molecule has 4 nitrogen and oxygen atoms in total. The second-order valence-corrected chi connectivity index (χ2v) is 6.54. The summed E-state index contributed by atoms with van der Waals surface area (Å²) in [6.45, 7) is 0.499. The van der Waals surface area contributed by atoms with E-state index in [1.807, 2.05) is 54.6 Å². The van der Waals surface area contributed by atoms with E-state index in [4.69, 9.17) is 0 Å². The molecule has 1 atom stereocenters. The molecule has 0 aromatic heterocycles. The van der Waals surface area contributed by atoms with E-state index in [9.17, 15) is 9.59 Å². The van der Waals surface area contributed by atoms with E-state index in [1.54, 1.807) is 11.8 Å². The van der Waals surface area contributed by atoms with Gasteiger partial charge in [-0.15, -0.1) is 0 Å². The molecule has 3 rings (SSSR count). The van der Waals surface area contributed by atoms with Gasteiger partial charge >= 0.3 is 0 Å². The molecule has 0 unspecified atom stereocenters. The monoisotopic (exact) mass is 326 g/mol. The van der Waals surface area contributed by atoms with E-state index in [0.717, 1.165) is 9.79 Å². The summed E-state index contributed by atoms with van der Waals surface area (Å²) in [5, 5.41) is 5.80. The van der Waals surface area contributed by atoms with Crippen molar-refractivity contribution in [2.75, 3.05) is 6.54 Å². The van der Waals surface area contributed by atoms with Crippen LogP contribution in [0.1, 0.15) is 23.2 Å². The van der Waals surface area contributed by atoms with E-state index in [0.29, 0.717) is 24.9 Å². The zero-order chi connectivity index (χ0) is 16.1. The molecular weight excluding hydrogens is 308 g/mol. The summed E-state index contributed by atoms with van der Waals surface area (Å²) >= 11 is 1.57. The molecule has 0 bridgehead atoms. The quantitative estimate of drug-likeness (QED) is 0.908. The Morgan fingerprint density at radius 2 is 1.83 bits per heavy atom. The fourth-order valence-corrected chi connectivity index (χ4v) is 3.44. The van der Waals surface area contributed by atoms with Gasteiger partial charge in [0.25, 0.3) is 5.91 Å². The van der Waals surface area contributed by atoms with Crippen LogP contribution in [0, 0.1) is 0 Å². The van der Waals surface area contributed by atoms with Crippen LogP contribution >= 0.6 is 11.8 Å². The van der Waals surface area contributed by atoms with Gasteiger partial charge in [0.1, 0.15) is 0 Å². The Morgan fingerprint density at radius 3 is 2.57 bits per heavy atom. The smallest absolute Gasteiger partial charge is 0.252 e. The van der Waals surface area contributed by atoms with E-state index in [2.05, 4.69) is 10.6 Å². The number of carbonyl (C=O) groups excluding carboxylic acids is 2. The molecule has 23 heavy (non-hydrogen) atoms. The predicted octanol–water partition coefficient (Wildman–Crippen LogP) is 2.85. The molecular formula is C18H18N2O2S. The van der Waals surface area contributed by atoms with Gasteiger partial charge in [-0.3, -0.25) is 9.59 Å². The SMILES string of the molecule is O=C1CC[C@H](NC(=O)c2ccccc2Sc2ccccc2)CN1. The summed E-state index contributed by atoms with van der Waals surface area (Å²) < 4.78 is 0. The number of benzene rings is 2. The highest BCUT2D eigenvalue weighted by Crippen LogP contribution is 2.30. The predicted molar refractivity (Wildman–Crippen MR) is 90.5 cm³/mol. The summed E-state index contributed by atoms with van der Waals surface area (Å²) in [4.78, 5) is 25.8. The third-order valence-electron chi connectivity index (χ3n) is 3.70. The molecule has 0 aliphatic carbocycles. The van der Waals surface area contributed by atoms with Gasteiger partial charge in [0, 0.05) is 28.8 Å². The lowest BCUT2D eigenvalue weighted by atomic mass is 10.1. The van der Waals surface area contributed by atoms with E-state index >= 15 is 0 Å². The number of nitrogens with one attached hydrogen (secondary N) is 2. The van der Waals surface area contributed by atoms with Gasteiger partial charge in [-0.05, 0) is 30.7 Å². The minimum atomic E-state index is -0.0924. The Hall–Kier alpha value is -2.27. The maximum absolute atomic E-state index is 12.6. The van der Waals surface area contributed by atoms with Crippen molar-refractivity contribution in [1.29, 1.82) is 0 Å². The van der Waals surface area contributed by atoms with Crippen LogP contribution in [0.5, 0.6) is 0 Å². The maximum atomic E-state index is 12.6. The van der Waals surface area contributed by atoms with Crippen LogP contribution in [-0.2, 0) is 4.79 Å². The minimum Gasteiger partial charge on any atom is -0.354 e. The Kier molecular flexibility index (Phi) is 4.98. The average molecular weight is 326 g/mol. The maximum Gasteiger partial charge on any atom is 0.252 e. The Labute approximate surface area is 139 Å². The molecule has 0 saturated carbocycles. The number of rotatable bonds is 4. The first-order valence-corrected chi connectivity index (χ1v) is 8.43. The Bertz CT molecular complexity index is 693. The molecule has 0 radical (unpaired) electrons. The lowest BCUT2D eigenvalue weighted by molar-refractivity contribution is -0.122. The summed E-state index contributed by atoms with van der Waals surface area (Å²) in [6.07, 6.45) is 1.15. The first-order valence-electron chi connectivity index (χ1n) is 7.62. The van der Waals surface area contributed by atoms with Crippen LogP contribution in [0.3, 0.4) is 0 Å². The lowest BCUT2D eigenvalue weighted by Crippen LogP contribution is -2.47. The fraction of sp³-hybridized carbons (Fsp3) is 0.222. The van der Waals surface area contributed by atoms with Crippen LogP contribution in [0.25, 0.3) is 0 Å². The van der Waals surface area contributed by atoms with Crippen molar-refractivity contribution in [3.05, 3.63) is 60.2 Å². The van der Waals surface area contributed by atoms with Gasteiger partial charge < -0.3 is 10.6 Å². The van der Waals surface area contributed by atoms with Crippen LogP contribution in [0.4, 0.5) is 0 Å². The lowest BCUT2D eigenvalue weighted by Gasteiger charge is -2.23. The number of carbonyl (C=O) groups is 2. The van der Waals surface area contributed by atoms with E-state index in [-0.39, 0.29) is 17.9 Å². The topological polar surface area (TPSA) is 58.2 Å². The van der Waals surface area contributed by atoms with Crippen molar-refractivity contribution >= 4 is 23.6 Å². The molecule has 1 saturated heterocycles. The van der Waals surface area contributed by atoms with Gasteiger partial charge in [0.2, 0.25) is 5.91 Å². The number of piperidine rings is 1. The number of amides is 2. The third-order valence-corrected chi connectivity index (χ3v) is 4.79. The molecule has 1 aliphatic rings. The third kappa shape index (κ3) is 4.13. The molecule has 2 aromatic carbocycles. The number of hydrogen-bond acceptors (Lipinski definition) is 3. The second kappa shape index (κ2) is 7.33. The van der Waals surface area contributed by atoms with Crippen molar-refractivity contribution in [3.63, 3.8) is 0 Å². The van der Waals surface area contributed by atoms with Gasteiger partial charge in [0.15, 0.2) is 0 Å². The first-order chi connectivity index (χ1) is 11.2. The van der Waals surface area contributed by atoms with Crippen LogP contribution < -0.4 is 10.6 Å². The molecule has 5 heteroatoms.